The molecule has 1 amide bonds. The molecule has 7 nitrogen and oxygen atoms in total. The molecule has 1 atom stereocenters. The van der Waals surface area contributed by atoms with Gasteiger partial charge in [0.1, 0.15) is 0 Å². The van der Waals surface area contributed by atoms with E-state index in [4.69, 9.17) is 36.8 Å². The molecule has 0 saturated heterocycles. The van der Waals surface area contributed by atoms with Crippen LogP contribution in [0.2, 0.25) is 0 Å². The minimum Gasteiger partial charge on any atom is -0.493 e. The number of hydrogen-bond donors (Lipinski definition) is 0. The molecular weight excluding hydrogens is 432 g/mol. The van der Waals surface area contributed by atoms with Crippen molar-refractivity contribution in [3.63, 3.8) is 0 Å². The number of ether oxygens (including phenoxy) is 4. The third kappa shape index (κ3) is 4.94. The lowest BCUT2D eigenvalue weighted by molar-refractivity contribution is -0.130. The zero-order valence-corrected chi connectivity index (χ0v) is 19.1. The number of fused-ring (bicyclic) bond motifs is 2. The van der Waals surface area contributed by atoms with Gasteiger partial charge in [-0.05, 0) is 79.3 Å². The van der Waals surface area contributed by atoms with Gasteiger partial charge in [-0.2, -0.15) is 0 Å². The van der Waals surface area contributed by atoms with Crippen LogP contribution in [-0.4, -0.2) is 77.1 Å². The van der Waals surface area contributed by atoms with Gasteiger partial charge in [-0.3, -0.25) is 4.79 Å². The van der Waals surface area contributed by atoms with Crippen molar-refractivity contribution < 1.29 is 41.6 Å². The van der Waals surface area contributed by atoms with E-state index in [0.717, 1.165) is 0 Å². The predicted molar refractivity (Wildman–Crippen MR) is 132 cm³/mol. The molecule has 4 rings (SSSR count). The third-order valence-electron chi connectivity index (χ3n) is 6.21. The van der Waals surface area contributed by atoms with Gasteiger partial charge in [-0.25, -0.2) is 0 Å². The van der Waals surface area contributed by atoms with Gasteiger partial charge in [0, 0.05) is 35.1 Å². The molecule has 0 radical (unpaired) electrons. The molecule has 2 aliphatic rings. The first-order chi connectivity index (χ1) is 21.5. The maximum Gasteiger partial charge on any atom is 0.227 e. The summed E-state index contributed by atoms with van der Waals surface area (Å²) in [7, 11) is -2.93. The SMILES string of the molecule is [2H]C([2H])([2H])Oc1cc2c(cc1OC)CC(=O)N(CCC([2H])([2H])N(C([2H])([2H])[2H])C([2H])([2H])C1Cc3cc(OC)c(OC([2H])([2H])[2H])cc31)CC2. The van der Waals surface area contributed by atoms with E-state index < -0.39 is 52.3 Å². The predicted octanol–water partition coefficient (Wildman–Crippen LogP) is 3.31. The molecule has 1 heterocycles. The maximum absolute atomic E-state index is 13.2. The Balaban J connectivity index is 1.55. The number of likely N-dealkylation sites (N-methyl/N-ethyl adjacent to an activating group) is 1. The van der Waals surface area contributed by atoms with Crippen LogP contribution in [0.3, 0.4) is 0 Å². The smallest absolute Gasteiger partial charge is 0.227 e. The molecule has 0 N–H and O–H groups in total. The van der Waals surface area contributed by atoms with Crippen LogP contribution < -0.4 is 18.9 Å². The van der Waals surface area contributed by atoms with Crippen molar-refractivity contribution in [2.24, 2.45) is 0 Å². The summed E-state index contributed by atoms with van der Waals surface area (Å²) in [5.41, 5.74) is 2.03. The number of methoxy groups -OCH3 is 4. The molecule has 0 fully saturated rings. The van der Waals surface area contributed by atoms with E-state index in [9.17, 15) is 4.79 Å². The minimum atomic E-state index is -3.25. The first kappa shape index (κ1) is 12.7. The van der Waals surface area contributed by atoms with Gasteiger partial charge in [-0.1, -0.05) is 0 Å². The molecule has 0 spiro atoms. The lowest BCUT2D eigenvalue weighted by atomic mass is 9.77. The highest BCUT2D eigenvalue weighted by atomic mass is 16.5. The van der Waals surface area contributed by atoms with E-state index in [1.54, 1.807) is 0 Å². The van der Waals surface area contributed by atoms with Crippen LogP contribution in [0.15, 0.2) is 24.3 Å². The maximum atomic E-state index is 13.2. The molecule has 2 aromatic rings. The Kier molecular flexibility index (Phi) is 3.94. The van der Waals surface area contributed by atoms with Gasteiger partial charge in [0.15, 0.2) is 23.0 Å². The lowest BCUT2D eigenvalue weighted by Crippen LogP contribution is -2.36. The highest BCUT2D eigenvalue weighted by Gasteiger charge is 2.29. The first-order valence-electron chi connectivity index (χ1n) is 17.3. The molecule has 2 aromatic carbocycles. The van der Waals surface area contributed by atoms with E-state index in [2.05, 4.69) is 0 Å². The number of benzene rings is 2. The van der Waals surface area contributed by atoms with E-state index in [1.807, 2.05) is 0 Å². The fourth-order valence-electron chi connectivity index (χ4n) is 4.34. The highest BCUT2D eigenvalue weighted by Crippen LogP contribution is 2.42. The highest BCUT2D eigenvalue weighted by molar-refractivity contribution is 5.80. The zero-order chi connectivity index (χ0) is 35.3. The van der Waals surface area contributed by atoms with Crippen LogP contribution in [0.4, 0.5) is 0 Å². The summed E-state index contributed by atoms with van der Waals surface area (Å²) in [4.78, 5) is 14.8. The Morgan fingerprint density at radius 2 is 1.68 bits per heavy atom. The fourth-order valence-corrected chi connectivity index (χ4v) is 4.34. The number of nitrogens with zero attached hydrogens (tertiary/aromatic N) is 2. The Morgan fingerprint density at radius 1 is 1.00 bits per heavy atom. The van der Waals surface area contributed by atoms with E-state index in [-0.39, 0.29) is 65.8 Å². The van der Waals surface area contributed by atoms with Crippen molar-refractivity contribution in [1.82, 2.24) is 9.80 Å². The van der Waals surface area contributed by atoms with Gasteiger partial charge in [-0.15, -0.1) is 0 Å². The number of carbonyl (C=O) groups excluding carboxylic acids is 1. The Hall–Kier alpha value is -2.93. The second-order valence-electron chi connectivity index (χ2n) is 8.11. The monoisotopic (exact) mass is 481 g/mol. The number of carbonyl (C=O) groups is 1. The second kappa shape index (κ2) is 10.6. The lowest BCUT2D eigenvalue weighted by Gasteiger charge is -2.34. The summed E-state index contributed by atoms with van der Waals surface area (Å²) < 4.78 is 125. The van der Waals surface area contributed by atoms with Crippen LogP contribution in [0.25, 0.3) is 0 Å². The van der Waals surface area contributed by atoms with E-state index >= 15 is 0 Å². The van der Waals surface area contributed by atoms with Gasteiger partial charge in [0.2, 0.25) is 5.91 Å². The van der Waals surface area contributed by atoms with Crippen LogP contribution in [0, 0.1) is 0 Å². The number of amides is 1. The van der Waals surface area contributed by atoms with Gasteiger partial charge in [0.25, 0.3) is 0 Å². The van der Waals surface area contributed by atoms with Gasteiger partial charge < -0.3 is 28.7 Å². The molecule has 1 unspecified atom stereocenters. The van der Waals surface area contributed by atoms with Crippen molar-refractivity contribution in [3.8, 4) is 23.0 Å². The molecule has 7 heteroatoms. The Morgan fingerprint density at radius 3 is 2.38 bits per heavy atom. The van der Waals surface area contributed by atoms with Gasteiger partial charge in [0.05, 0.1) is 42.9 Å². The molecule has 1 aliphatic carbocycles. The molecule has 34 heavy (non-hydrogen) atoms. The van der Waals surface area contributed by atoms with Crippen molar-refractivity contribution in [1.29, 1.82) is 0 Å². The minimum absolute atomic E-state index is 0.0212. The van der Waals surface area contributed by atoms with Crippen molar-refractivity contribution in [3.05, 3.63) is 46.5 Å². The van der Waals surface area contributed by atoms with E-state index in [0.29, 0.717) is 16.7 Å². The summed E-state index contributed by atoms with van der Waals surface area (Å²) in [6.07, 6.45) is -0.387. The standard InChI is InChI=1S/C27H36N2O5/c1-28(17-21-11-20-14-25(33-4)26(34-5)16-22(20)21)8-6-9-29-10-7-18-12-23(31-2)24(32-3)13-19(18)15-27(29)30/h12-14,16,21H,6-11,15,17H2,1-5H3/i1D3,2D3,5D3,8D2,17D2. The van der Waals surface area contributed by atoms with Gasteiger partial charge >= 0.3 is 0 Å². The summed E-state index contributed by atoms with van der Waals surface area (Å²) in [6, 6.07) is 5.76. The third-order valence-corrected chi connectivity index (χ3v) is 6.21. The quantitative estimate of drug-likeness (QED) is 0.519. The summed E-state index contributed by atoms with van der Waals surface area (Å²) in [5, 5.41) is 0. The topological polar surface area (TPSA) is 60.5 Å². The van der Waals surface area contributed by atoms with Crippen molar-refractivity contribution >= 4 is 5.91 Å². The summed E-state index contributed by atoms with van der Waals surface area (Å²) in [6.45, 7) is -8.96. The zero-order valence-electron chi connectivity index (χ0n) is 32.1. The number of rotatable bonds is 10. The molecule has 0 bridgehead atoms. The van der Waals surface area contributed by atoms with Crippen LogP contribution >= 0.6 is 0 Å². The van der Waals surface area contributed by atoms with Crippen molar-refractivity contribution in [2.45, 2.75) is 31.6 Å². The summed E-state index contributed by atoms with van der Waals surface area (Å²) >= 11 is 0. The summed E-state index contributed by atoms with van der Waals surface area (Å²) in [5.74, 6) is -1.53. The molecule has 1 aliphatic heterocycles. The van der Waals surface area contributed by atoms with Crippen molar-refractivity contribution in [2.75, 3.05) is 61.4 Å². The van der Waals surface area contributed by atoms with Crippen LogP contribution in [-0.2, 0) is 24.1 Å². The molecule has 0 aromatic heterocycles. The van der Waals surface area contributed by atoms with Crippen LogP contribution in [0.5, 0.6) is 23.0 Å². The number of hydrogen-bond acceptors (Lipinski definition) is 6. The molecule has 0 saturated carbocycles. The molecular formula is C27H36N2O5. The fraction of sp³-hybridized carbons (Fsp3) is 0.519. The largest absolute Gasteiger partial charge is 0.493 e. The normalized spacial score (nSPS) is 24.6. The Labute approximate surface area is 220 Å². The average Bonchev–Trinajstić information content (AvgIpc) is 3.03. The van der Waals surface area contributed by atoms with Crippen LogP contribution in [0.1, 0.15) is 52.4 Å². The molecule has 184 valence electrons. The first-order valence-corrected chi connectivity index (χ1v) is 10.8. The second-order valence-corrected chi connectivity index (χ2v) is 8.11. The Bertz CT molecular complexity index is 1490. The van der Waals surface area contributed by atoms with E-state index in [1.165, 1.54) is 43.4 Å². The average molecular weight is 482 g/mol.